The average molecular weight is 421 g/mol. The summed E-state index contributed by atoms with van der Waals surface area (Å²) in [5, 5.41) is 0. The topological polar surface area (TPSA) is 44.8 Å². The highest BCUT2D eigenvalue weighted by atomic mass is 16.6. The Morgan fingerprint density at radius 3 is 2.19 bits per heavy atom. The van der Waals surface area contributed by atoms with E-state index in [1.807, 2.05) is 24.3 Å². The lowest BCUT2D eigenvalue weighted by atomic mass is 9.43. The Kier molecular flexibility index (Phi) is 5.19. The van der Waals surface area contributed by atoms with E-state index in [1.165, 1.54) is 30.4 Å². The Hall–Kier alpha value is -2.49. The van der Waals surface area contributed by atoms with Crippen molar-refractivity contribution in [2.45, 2.75) is 50.9 Å². The fraction of sp³-hybridized carbons (Fsp3) is 0.519. The van der Waals surface area contributed by atoms with Crippen LogP contribution >= 0.6 is 0 Å². The van der Waals surface area contributed by atoms with Crippen LogP contribution in [0, 0.1) is 24.2 Å². The van der Waals surface area contributed by atoms with Crippen molar-refractivity contribution in [3.05, 3.63) is 59.7 Å². The molecule has 2 aromatic rings. The lowest BCUT2D eigenvalue weighted by Crippen LogP contribution is -2.57. The summed E-state index contributed by atoms with van der Waals surface area (Å²) in [6.45, 7) is 2.79. The molecule has 0 aromatic heterocycles. The number of methoxy groups -OCH3 is 1. The van der Waals surface area contributed by atoms with E-state index in [1.54, 1.807) is 7.11 Å². The first-order valence-electron chi connectivity index (χ1n) is 11.5. The van der Waals surface area contributed by atoms with Crippen LogP contribution in [-0.2, 0) is 14.9 Å². The molecule has 4 fully saturated rings. The van der Waals surface area contributed by atoms with Gasteiger partial charge in [0.2, 0.25) is 0 Å². The molecular weight excluding hydrogens is 388 g/mol. The Morgan fingerprint density at radius 1 is 0.903 bits per heavy atom. The Bertz CT molecular complexity index is 917. The molecule has 4 heteroatoms. The number of benzene rings is 2. The van der Waals surface area contributed by atoms with Crippen molar-refractivity contribution < 1.29 is 19.0 Å². The third-order valence-electron chi connectivity index (χ3n) is 7.80. The molecule has 0 aliphatic heterocycles. The van der Waals surface area contributed by atoms with Gasteiger partial charge >= 0.3 is 5.97 Å². The summed E-state index contributed by atoms with van der Waals surface area (Å²) < 4.78 is 16.7. The highest BCUT2D eigenvalue weighted by Gasteiger charge is 2.61. The smallest absolute Gasteiger partial charge is 0.312 e. The van der Waals surface area contributed by atoms with E-state index in [4.69, 9.17) is 14.2 Å². The number of aryl methyl sites for hydroxylation is 1. The van der Waals surface area contributed by atoms with E-state index in [0.29, 0.717) is 25.0 Å². The number of hydrogen-bond acceptors (Lipinski definition) is 4. The molecule has 0 spiro atoms. The number of carbonyl (C=O) groups excluding carboxylic acids is 1. The Labute approximate surface area is 184 Å². The van der Waals surface area contributed by atoms with Crippen LogP contribution in [0.4, 0.5) is 0 Å². The van der Waals surface area contributed by atoms with Gasteiger partial charge in [-0.2, -0.15) is 0 Å². The van der Waals surface area contributed by atoms with Gasteiger partial charge in [0, 0.05) is 0 Å². The largest absolute Gasteiger partial charge is 0.497 e. The van der Waals surface area contributed by atoms with Crippen LogP contribution in [0.5, 0.6) is 11.5 Å². The highest BCUT2D eigenvalue weighted by Crippen LogP contribution is 2.66. The molecule has 0 saturated heterocycles. The summed E-state index contributed by atoms with van der Waals surface area (Å²) in [7, 11) is 1.64. The van der Waals surface area contributed by atoms with Gasteiger partial charge < -0.3 is 14.2 Å². The molecule has 4 nitrogen and oxygen atoms in total. The summed E-state index contributed by atoms with van der Waals surface area (Å²) in [6.07, 6.45) is 6.66. The molecule has 6 rings (SSSR count). The van der Waals surface area contributed by atoms with Crippen molar-refractivity contribution in [3.63, 3.8) is 0 Å². The molecule has 0 radical (unpaired) electrons. The third kappa shape index (κ3) is 3.81. The minimum Gasteiger partial charge on any atom is -0.497 e. The number of hydrogen-bond donors (Lipinski definition) is 0. The molecule has 4 atom stereocenters. The summed E-state index contributed by atoms with van der Waals surface area (Å²) in [5.74, 6) is 2.83. The second kappa shape index (κ2) is 7.89. The minimum absolute atomic E-state index is 0.00332. The maximum absolute atomic E-state index is 13.3. The van der Waals surface area contributed by atoms with Crippen molar-refractivity contribution in [1.82, 2.24) is 0 Å². The van der Waals surface area contributed by atoms with Gasteiger partial charge in [0.25, 0.3) is 0 Å². The van der Waals surface area contributed by atoms with Crippen molar-refractivity contribution in [1.29, 1.82) is 0 Å². The van der Waals surface area contributed by atoms with E-state index in [9.17, 15) is 4.79 Å². The van der Waals surface area contributed by atoms with Crippen LogP contribution in [0.25, 0.3) is 0 Å². The van der Waals surface area contributed by atoms with Crippen molar-refractivity contribution >= 4 is 5.97 Å². The zero-order chi connectivity index (χ0) is 21.5. The average Bonchev–Trinajstić information content (AvgIpc) is 2.76. The summed E-state index contributed by atoms with van der Waals surface area (Å²) in [4.78, 5) is 13.3. The van der Waals surface area contributed by atoms with Crippen LogP contribution in [-0.4, -0.2) is 26.3 Å². The van der Waals surface area contributed by atoms with Gasteiger partial charge in [-0.15, -0.1) is 0 Å². The quantitative estimate of drug-likeness (QED) is 0.440. The van der Waals surface area contributed by atoms with Crippen LogP contribution in [0.2, 0.25) is 0 Å². The lowest BCUT2D eigenvalue weighted by Gasteiger charge is -2.61. The first-order valence-corrected chi connectivity index (χ1v) is 11.5. The van der Waals surface area contributed by atoms with Gasteiger partial charge in [0.1, 0.15) is 24.7 Å². The van der Waals surface area contributed by atoms with E-state index >= 15 is 0 Å². The molecule has 31 heavy (non-hydrogen) atoms. The van der Waals surface area contributed by atoms with Crippen LogP contribution in [0.1, 0.15) is 49.7 Å². The van der Waals surface area contributed by atoms with Crippen molar-refractivity contribution in [2.75, 3.05) is 20.3 Å². The molecule has 164 valence electrons. The first kappa shape index (κ1) is 20.4. The summed E-state index contributed by atoms with van der Waals surface area (Å²) >= 11 is 0. The number of esters is 1. The van der Waals surface area contributed by atoms with Crippen LogP contribution in [0.3, 0.4) is 0 Å². The standard InChI is InChI=1S/C27H32O4/c1-19-3-5-22(6-4-19)26-14-20-13-21(15-26)17-27(16-20,18-26)25(28)31-12-11-30-24-9-7-23(29-2)8-10-24/h3-10,20-21H,11-18H2,1-2H3/t20-,21+,26?,27?. The second-order valence-electron chi connectivity index (χ2n) is 10.0. The van der Waals surface area contributed by atoms with E-state index in [2.05, 4.69) is 31.2 Å². The van der Waals surface area contributed by atoms with Gasteiger partial charge in [-0.25, -0.2) is 0 Å². The molecule has 4 bridgehead atoms. The van der Waals surface area contributed by atoms with Gasteiger partial charge in [0.15, 0.2) is 0 Å². The maximum atomic E-state index is 13.3. The number of carbonyl (C=O) groups is 1. The zero-order valence-electron chi connectivity index (χ0n) is 18.6. The van der Waals surface area contributed by atoms with Crippen LogP contribution < -0.4 is 9.47 Å². The van der Waals surface area contributed by atoms with Crippen molar-refractivity contribution in [2.24, 2.45) is 17.3 Å². The predicted molar refractivity (Wildman–Crippen MR) is 119 cm³/mol. The number of ether oxygens (including phenoxy) is 3. The third-order valence-corrected chi connectivity index (χ3v) is 7.80. The maximum Gasteiger partial charge on any atom is 0.312 e. The van der Waals surface area contributed by atoms with Crippen LogP contribution in [0.15, 0.2) is 48.5 Å². The second-order valence-corrected chi connectivity index (χ2v) is 10.0. The zero-order valence-corrected chi connectivity index (χ0v) is 18.6. The number of rotatable bonds is 7. The first-order chi connectivity index (χ1) is 15.0. The normalized spacial score (nSPS) is 30.8. The summed E-state index contributed by atoms with van der Waals surface area (Å²) in [6, 6.07) is 16.5. The van der Waals surface area contributed by atoms with Gasteiger partial charge in [-0.3, -0.25) is 4.79 Å². The molecule has 2 aromatic carbocycles. The predicted octanol–water partition coefficient (Wildman–Crippen LogP) is 5.46. The fourth-order valence-electron chi connectivity index (χ4n) is 6.87. The Balaban J connectivity index is 1.24. The molecular formula is C27H32O4. The van der Waals surface area contributed by atoms with Gasteiger partial charge in [-0.05, 0) is 92.5 Å². The van der Waals surface area contributed by atoms with E-state index in [-0.39, 0.29) is 16.8 Å². The summed E-state index contributed by atoms with van der Waals surface area (Å²) in [5.41, 5.74) is 2.55. The highest BCUT2D eigenvalue weighted by molar-refractivity contribution is 5.78. The van der Waals surface area contributed by atoms with E-state index < -0.39 is 0 Å². The van der Waals surface area contributed by atoms with Gasteiger partial charge in [-0.1, -0.05) is 29.8 Å². The fourth-order valence-corrected chi connectivity index (χ4v) is 6.87. The molecule has 4 aliphatic carbocycles. The molecule has 4 saturated carbocycles. The molecule has 0 N–H and O–H groups in total. The molecule has 0 heterocycles. The monoisotopic (exact) mass is 420 g/mol. The molecule has 2 unspecified atom stereocenters. The van der Waals surface area contributed by atoms with Crippen molar-refractivity contribution in [3.8, 4) is 11.5 Å². The Morgan fingerprint density at radius 2 is 1.55 bits per heavy atom. The van der Waals surface area contributed by atoms with Gasteiger partial charge in [0.05, 0.1) is 12.5 Å². The SMILES string of the molecule is COc1ccc(OCCOC(=O)C23C[C@H]4C[C@@H](C2)CC(c2ccc(C)cc2)(C4)C3)cc1. The lowest BCUT2D eigenvalue weighted by molar-refractivity contribution is -0.174. The minimum atomic E-state index is -0.310. The molecule has 0 amide bonds. The molecule has 4 aliphatic rings. The van der Waals surface area contributed by atoms with E-state index in [0.717, 1.165) is 30.8 Å².